The van der Waals surface area contributed by atoms with Crippen LogP contribution in [0.1, 0.15) is 32.3 Å². The molecule has 1 rings (SSSR count). The molecule has 0 spiro atoms. The van der Waals surface area contributed by atoms with Gasteiger partial charge in [0, 0.05) is 20.1 Å². The summed E-state index contributed by atoms with van der Waals surface area (Å²) in [5, 5.41) is 9.09. The van der Waals surface area contributed by atoms with Gasteiger partial charge in [-0.2, -0.15) is 0 Å². The van der Waals surface area contributed by atoms with E-state index in [-0.39, 0.29) is 5.91 Å². The van der Waals surface area contributed by atoms with E-state index in [9.17, 15) is 9.59 Å². The van der Waals surface area contributed by atoms with E-state index in [0.717, 1.165) is 6.42 Å². The maximum atomic E-state index is 12.0. The van der Waals surface area contributed by atoms with Crippen molar-refractivity contribution in [2.75, 3.05) is 20.3 Å². The number of ether oxygens (including phenoxy) is 1. The molecule has 0 unspecified atom stereocenters. The topological polar surface area (TPSA) is 66.8 Å². The molecule has 0 bridgehead atoms. The summed E-state index contributed by atoms with van der Waals surface area (Å²) in [6.07, 6.45) is 1.73. The molecule has 5 heteroatoms. The van der Waals surface area contributed by atoms with Crippen LogP contribution in [-0.2, 0) is 20.7 Å². The molecule has 0 saturated heterocycles. The van der Waals surface area contributed by atoms with Gasteiger partial charge in [-0.15, -0.1) is 0 Å². The average molecular weight is 307 g/mol. The molecule has 0 saturated carbocycles. The minimum Gasteiger partial charge on any atom is -0.480 e. The summed E-state index contributed by atoms with van der Waals surface area (Å²) in [6, 6.07) is 10.1. The number of amides is 1. The number of hydrogen-bond acceptors (Lipinski definition) is 3. The Bertz CT molecular complexity index is 485. The fourth-order valence-electron chi connectivity index (χ4n) is 1.89. The van der Waals surface area contributed by atoms with Gasteiger partial charge in [-0.05, 0) is 32.3 Å². The predicted molar refractivity (Wildman–Crippen MR) is 84.7 cm³/mol. The van der Waals surface area contributed by atoms with E-state index < -0.39 is 11.5 Å². The monoisotopic (exact) mass is 307 g/mol. The second-order valence-electron chi connectivity index (χ2n) is 5.77. The lowest BCUT2D eigenvalue weighted by molar-refractivity contribution is -0.155. The molecule has 122 valence electrons. The van der Waals surface area contributed by atoms with Crippen molar-refractivity contribution in [1.29, 1.82) is 0 Å². The summed E-state index contributed by atoms with van der Waals surface area (Å²) in [7, 11) is 1.52. The predicted octanol–water partition coefficient (Wildman–Crippen LogP) is 2.35. The normalized spacial score (nSPS) is 11.2. The lowest BCUT2D eigenvalue weighted by Crippen LogP contribution is -2.50. The van der Waals surface area contributed by atoms with Crippen LogP contribution in [0.5, 0.6) is 0 Å². The van der Waals surface area contributed by atoms with E-state index in [0.29, 0.717) is 26.1 Å². The Morgan fingerprint density at radius 1 is 1.18 bits per heavy atom. The number of aliphatic carboxylic acids is 1. The second kappa shape index (κ2) is 8.54. The molecule has 1 aromatic rings. The zero-order valence-electron chi connectivity index (χ0n) is 13.5. The molecule has 1 aromatic carbocycles. The highest BCUT2D eigenvalue weighted by molar-refractivity contribution is 5.86. The minimum atomic E-state index is -1.19. The Kier molecular flexibility index (Phi) is 7.05. The van der Waals surface area contributed by atoms with Gasteiger partial charge in [0.1, 0.15) is 5.54 Å². The number of hydrogen-bond donors (Lipinski definition) is 1. The lowest BCUT2D eigenvalue weighted by atomic mass is 10.0. The summed E-state index contributed by atoms with van der Waals surface area (Å²) in [5.74, 6) is -1.19. The van der Waals surface area contributed by atoms with Crippen LogP contribution >= 0.6 is 0 Å². The molecular weight excluding hydrogens is 282 g/mol. The van der Waals surface area contributed by atoms with Crippen LogP contribution in [0.4, 0.5) is 0 Å². The first-order valence-electron chi connectivity index (χ1n) is 7.47. The highest BCUT2D eigenvalue weighted by Gasteiger charge is 2.34. The maximum absolute atomic E-state index is 12.0. The van der Waals surface area contributed by atoms with Crippen LogP contribution in [0.2, 0.25) is 0 Å². The van der Waals surface area contributed by atoms with Gasteiger partial charge in [0.25, 0.3) is 0 Å². The fraction of sp³-hybridized carbons (Fsp3) is 0.529. The third-order valence-electron chi connectivity index (χ3n) is 3.79. The Balaban J connectivity index is 2.19. The Morgan fingerprint density at radius 2 is 1.82 bits per heavy atom. The molecule has 1 amide bonds. The molecule has 0 fully saturated rings. The van der Waals surface area contributed by atoms with Gasteiger partial charge in [0.2, 0.25) is 5.91 Å². The van der Waals surface area contributed by atoms with Crippen LogP contribution in [0.25, 0.3) is 0 Å². The number of carbonyl (C=O) groups excluding carboxylic acids is 1. The van der Waals surface area contributed by atoms with Crippen molar-refractivity contribution < 1.29 is 19.4 Å². The first-order chi connectivity index (χ1) is 10.4. The van der Waals surface area contributed by atoms with E-state index in [2.05, 4.69) is 12.1 Å². The third kappa shape index (κ3) is 5.48. The van der Waals surface area contributed by atoms with Gasteiger partial charge in [-0.3, -0.25) is 4.79 Å². The van der Waals surface area contributed by atoms with Gasteiger partial charge >= 0.3 is 5.97 Å². The first kappa shape index (κ1) is 18.2. The van der Waals surface area contributed by atoms with Crippen LogP contribution in [0.3, 0.4) is 0 Å². The second-order valence-corrected chi connectivity index (χ2v) is 5.77. The summed E-state index contributed by atoms with van der Waals surface area (Å²) in [6.45, 7) is 4.15. The maximum Gasteiger partial charge on any atom is 0.329 e. The molecule has 1 N–H and O–H groups in total. The molecule has 0 aromatic heterocycles. The van der Waals surface area contributed by atoms with Crippen LogP contribution < -0.4 is 0 Å². The Hall–Kier alpha value is -1.88. The lowest BCUT2D eigenvalue weighted by Gasteiger charge is -2.31. The standard InChI is InChI=1S/C17H25NO4/c1-17(2,16(20)21)18(3)15(19)10-7-12-22-13-11-14-8-5-4-6-9-14/h4-6,8-9H,7,10-13H2,1-3H3,(H,20,21). The molecule has 5 nitrogen and oxygen atoms in total. The molecule has 0 radical (unpaired) electrons. The van der Waals surface area contributed by atoms with Crippen molar-refractivity contribution in [3.05, 3.63) is 35.9 Å². The molecular formula is C17H25NO4. The average Bonchev–Trinajstić information content (AvgIpc) is 2.50. The Labute approximate surface area is 131 Å². The van der Waals surface area contributed by atoms with Crippen molar-refractivity contribution in [3.63, 3.8) is 0 Å². The van der Waals surface area contributed by atoms with Gasteiger partial charge in [0.15, 0.2) is 0 Å². The quantitative estimate of drug-likeness (QED) is 0.711. The SMILES string of the molecule is CN(C(=O)CCCOCCc1ccccc1)C(C)(C)C(=O)O. The summed E-state index contributed by atoms with van der Waals surface area (Å²) >= 11 is 0. The number of carboxylic acids is 1. The molecule has 0 aliphatic rings. The smallest absolute Gasteiger partial charge is 0.329 e. The number of benzene rings is 1. The number of likely N-dealkylation sites (N-methyl/N-ethyl adjacent to an activating group) is 1. The Morgan fingerprint density at radius 3 is 2.41 bits per heavy atom. The van der Waals surface area contributed by atoms with E-state index in [1.807, 2.05) is 18.2 Å². The van der Waals surface area contributed by atoms with Gasteiger partial charge in [-0.1, -0.05) is 30.3 Å². The van der Waals surface area contributed by atoms with E-state index in [1.54, 1.807) is 0 Å². The largest absolute Gasteiger partial charge is 0.480 e. The van der Waals surface area contributed by atoms with Crippen molar-refractivity contribution >= 4 is 11.9 Å². The molecule has 0 aliphatic heterocycles. The van der Waals surface area contributed by atoms with Gasteiger partial charge in [0.05, 0.1) is 6.61 Å². The number of rotatable bonds is 9. The van der Waals surface area contributed by atoms with E-state index in [1.165, 1.54) is 31.4 Å². The number of carbonyl (C=O) groups is 2. The van der Waals surface area contributed by atoms with E-state index in [4.69, 9.17) is 9.84 Å². The molecule has 0 atom stereocenters. The van der Waals surface area contributed by atoms with Crippen LogP contribution in [0, 0.1) is 0 Å². The summed E-state index contributed by atoms with van der Waals surface area (Å²) in [4.78, 5) is 24.3. The van der Waals surface area contributed by atoms with Crippen molar-refractivity contribution in [2.24, 2.45) is 0 Å². The third-order valence-corrected chi connectivity index (χ3v) is 3.79. The first-order valence-corrected chi connectivity index (χ1v) is 7.47. The van der Waals surface area contributed by atoms with Gasteiger partial charge in [-0.25, -0.2) is 4.79 Å². The van der Waals surface area contributed by atoms with Gasteiger partial charge < -0.3 is 14.7 Å². The van der Waals surface area contributed by atoms with E-state index >= 15 is 0 Å². The summed E-state index contributed by atoms with van der Waals surface area (Å²) < 4.78 is 5.51. The minimum absolute atomic E-state index is 0.181. The van der Waals surface area contributed by atoms with Crippen LogP contribution in [-0.4, -0.2) is 47.7 Å². The highest BCUT2D eigenvalue weighted by Crippen LogP contribution is 2.14. The zero-order valence-corrected chi connectivity index (χ0v) is 13.5. The van der Waals surface area contributed by atoms with Crippen molar-refractivity contribution in [3.8, 4) is 0 Å². The fourth-order valence-corrected chi connectivity index (χ4v) is 1.89. The molecule has 0 heterocycles. The number of nitrogens with zero attached hydrogens (tertiary/aromatic N) is 1. The highest BCUT2D eigenvalue weighted by atomic mass is 16.5. The number of carboxylic acid groups (broad SMARTS) is 1. The summed E-state index contributed by atoms with van der Waals surface area (Å²) in [5.41, 5.74) is 0.0344. The molecule has 22 heavy (non-hydrogen) atoms. The molecule has 0 aliphatic carbocycles. The van der Waals surface area contributed by atoms with Crippen molar-refractivity contribution in [1.82, 2.24) is 4.90 Å². The van der Waals surface area contributed by atoms with Crippen molar-refractivity contribution in [2.45, 2.75) is 38.6 Å². The van der Waals surface area contributed by atoms with Crippen LogP contribution in [0.15, 0.2) is 30.3 Å². The zero-order chi connectivity index (χ0) is 16.6.